The zero-order valence-corrected chi connectivity index (χ0v) is 10.8. The molecule has 0 aliphatic carbocycles. The lowest BCUT2D eigenvalue weighted by Crippen LogP contribution is -2.23. The fourth-order valence-corrected chi connectivity index (χ4v) is 1.43. The lowest BCUT2D eigenvalue weighted by atomic mass is 10.1. The Labute approximate surface area is 112 Å². The maximum atomic E-state index is 11.4. The average Bonchev–Trinajstić information content (AvgIpc) is 2.42. The number of benzene rings is 1. The van der Waals surface area contributed by atoms with E-state index in [2.05, 4.69) is 17.2 Å². The fraction of sp³-hybridized carbons (Fsp3) is 0.333. The molecule has 0 saturated carbocycles. The Morgan fingerprint density at radius 3 is 2.63 bits per heavy atom. The largest absolute Gasteiger partial charge is 0.481 e. The van der Waals surface area contributed by atoms with Gasteiger partial charge in [0.25, 0.3) is 5.91 Å². The molecule has 4 nitrogen and oxygen atoms in total. The Morgan fingerprint density at radius 2 is 2.00 bits per heavy atom. The summed E-state index contributed by atoms with van der Waals surface area (Å²) in [6, 6.07) is 9.25. The zero-order valence-electron chi connectivity index (χ0n) is 10.8. The van der Waals surface area contributed by atoms with E-state index in [0.717, 1.165) is 5.56 Å². The van der Waals surface area contributed by atoms with E-state index in [9.17, 15) is 9.59 Å². The predicted molar refractivity (Wildman–Crippen MR) is 72.4 cm³/mol. The molecule has 0 fully saturated rings. The fourth-order valence-electron chi connectivity index (χ4n) is 1.43. The van der Waals surface area contributed by atoms with Crippen LogP contribution in [0.5, 0.6) is 0 Å². The standard InChI is InChI=1S/C15H17NO3/c1-12(15(18)19)6-5-11-16-14(17)10-9-13-7-3-2-4-8-13/h2-4,7-8,12H,5-6,11H2,1H3,(H,16,17)(H,18,19). The highest BCUT2D eigenvalue weighted by Gasteiger charge is 2.09. The van der Waals surface area contributed by atoms with Crippen molar-refractivity contribution >= 4 is 11.9 Å². The second-order valence-corrected chi connectivity index (χ2v) is 4.25. The van der Waals surface area contributed by atoms with E-state index in [1.54, 1.807) is 6.92 Å². The molecule has 0 aromatic heterocycles. The first-order valence-electron chi connectivity index (χ1n) is 6.17. The van der Waals surface area contributed by atoms with Crippen molar-refractivity contribution in [3.8, 4) is 11.8 Å². The number of hydrogen-bond acceptors (Lipinski definition) is 2. The third-order valence-corrected chi connectivity index (χ3v) is 2.62. The molecule has 0 aliphatic rings. The first kappa shape index (κ1) is 14.8. The van der Waals surface area contributed by atoms with Crippen molar-refractivity contribution in [2.45, 2.75) is 19.8 Å². The molecular formula is C15H17NO3. The van der Waals surface area contributed by atoms with Gasteiger partial charge in [-0.3, -0.25) is 9.59 Å². The van der Waals surface area contributed by atoms with Crippen molar-refractivity contribution in [3.63, 3.8) is 0 Å². The molecule has 2 N–H and O–H groups in total. The number of carbonyl (C=O) groups is 2. The summed E-state index contributed by atoms with van der Waals surface area (Å²) in [6.07, 6.45) is 1.17. The summed E-state index contributed by atoms with van der Waals surface area (Å²) in [5.41, 5.74) is 0.789. The van der Waals surface area contributed by atoms with E-state index in [4.69, 9.17) is 5.11 Å². The van der Waals surface area contributed by atoms with Gasteiger partial charge in [-0.1, -0.05) is 31.0 Å². The summed E-state index contributed by atoms with van der Waals surface area (Å²) in [4.78, 5) is 22.0. The molecule has 0 heterocycles. The van der Waals surface area contributed by atoms with Crippen LogP contribution in [-0.2, 0) is 9.59 Å². The maximum Gasteiger partial charge on any atom is 0.306 e. The molecule has 0 bridgehead atoms. The van der Waals surface area contributed by atoms with Gasteiger partial charge in [-0.25, -0.2) is 0 Å². The highest BCUT2D eigenvalue weighted by molar-refractivity contribution is 5.94. The van der Waals surface area contributed by atoms with Gasteiger partial charge in [0.05, 0.1) is 5.92 Å². The Morgan fingerprint density at radius 1 is 1.32 bits per heavy atom. The van der Waals surface area contributed by atoms with E-state index < -0.39 is 5.97 Å². The zero-order chi connectivity index (χ0) is 14.1. The molecule has 0 radical (unpaired) electrons. The van der Waals surface area contributed by atoms with Crippen LogP contribution in [0.4, 0.5) is 0 Å². The van der Waals surface area contributed by atoms with Gasteiger partial charge in [0.1, 0.15) is 0 Å². The van der Waals surface area contributed by atoms with Crippen molar-refractivity contribution in [2.24, 2.45) is 5.92 Å². The van der Waals surface area contributed by atoms with E-state index in [1.165, 1.54) is 0 Å². The molecule has 19 heavy (non-hydrogen) atoms. The molecule has 1 aromatic rings. The van der Waals surface area contributed by atoms with E-state index in [-0.39, 0.29) is 11.8 Å². The highest BCUT2D eigenvalue weighted by Crippen LogP contribution is 2.03. The first-order valence-corrected chi connectivity index (χ1v) is 6.17. The number of carbonyl (C=O) groups excluding carboxylic acids is 1. The van der Waals surface area contributed by atoms with Crippen molar-refractivity contribution in [3.05, 3.63) is 35.9 Å². The quantitative estimate of drug-likeness (QED) is 0.624. The normalized spacial score (nSPS) is 11.0. The van der Waals surface area contributed by atoms with E-state index in [1.807, 2.05) is 30.3 Å². The maximum absolute atomic E-state index is 11.4. The third kappa shape index (κ3) is 6.27. The minimum atomic E-state index is -0.810. The Kier molecular flexibility index (Phi) is 6.17. The van der Waals surface area contributed by atoms with Gasteiger partial charge in [0.2, 0.25) is 0 Å². The summed E-state index contributed by atoms with van der Waals surface area (Å²) in [7, 11) is 0. The number of aliphatic carboxylic acids is 1. The summed E-state index contributed by atoms with van der Waals surface area (Å²) in [5, 5.41) is 11.3. The molecule has 4 heteroatoms. The van der Waals surface area contributed by atoms with Crippen molar-refractivity contribution in [2.75, 3.05) is 6.54 Å². The SMILES string of the molecule is CC(CCCNC(=O)C#Cc1ccccc1)C(=O)O. The summed E-state index contributed by atoms with van der Waals surface area (Å²) >= 11 is 0. The molecule has 0 aliphatic heterocycles. The number of carboxylic acid groups (broad SMARTS) is 1. The van der Waals surface area contributed by atoms with Crippen LogP contribution in [0.1, 0.15) is 25.3 Å². The molecule has 1 atom stereocenters. The second kappa shape index (κ2) is 7.93. The van der Waals surface area contributed by atoms with Crippen LogP contribution < -0.4 is 5.32 Å². The van der Waals surface area contributed by atoms with Gasteiger partial charge in [0, 0.05) is 18.0 Å². The molecular weight excluding hydrogens is 242 g/mol. The highest BCUT2D eigenvalue weighted by atomic mass is 16.4. The van der Waals surface area contributed by atoms with Crippen LogP contribution in [0, 0.1) is 17.8 Å². The lowest BCUT2D eigenvalue weighted by Gasteiger charge is -2.05. The lowest BCUT2D eigenvalue weighted by molar-refractivity contribution is -0.141. The Balaban J connectivity index is 2.26. The van der Waals surface area contributed by atoms with Crippen LogP contribution in [0.15, 0.2) is 30.3 Å². The molecule has 1 amide bonds. The van der Waals surface area contributed by atoms with Gasteiger partial charge in [-0.05, 0) is 25.0 Å². The van der Waals surface area contributed by atoms with Crippen LogP contribution in [0.25, 0.3) is 0 Å². The Hall–Kier alpha value is -2.28. The van der Waals surface area contributed by atoms with E-state index in [0.29, 0.717) is 19.4 Å². The number of nitrogens with one attached hydrogen (secondary N) is 1. The van der Waals surface area contributed by atoms with Crippen LogP contribution in [0.3, 0.4) is 0 Å². The third-order valence-electron chi connectivity index (χ3n) is 2.62. The topological polar surface area (TPSA) is 66.4 Å². The summed E-state index contributed by atoms with van der Waals surface area (Å²) in [5.74, 6) is 3.72. The number of hydrogen-bond donors (Lipinski definition) is 2. The number of amides is 1. The smallest absolute Gasteiger partial charge is 0.306 e. The van der Waals surface area contributed by atoms with Crippen LogP contribution in [-0.4, -0.2) is 23.5 Å². The second-order valence-electron chi connectivity index (χ2n) is 4.25. The minimum absolute atomic E-state index is 0.341. The average molecular weight is 259 g/mol. The molecule has 1 aromatic carbocycles. The van der Waals surface area contributed by atoms with Crippen LogP contribution in [0.2, 0.25) is 0 Å². The predicted octanol–water partition coefficient (Wildman–Crippen LogP) is 1.66. The molecule has 1 unspecified atom stereocenters. The molecule has 1 rings (SSSR count). The monoisotopic (exact) mass is 259 g/mol. The van der Waals surface area contributed by atoms with Gasteiger partial charge < -0.3 is 10.4 Å². The van der Waals surface area contributed by atoms with Gasteiger partial charge >= 0.3 is 5.97 Å². The van der Waals surface area contributed by atoms with Crippen molar-refractivity contribution in [1.82, 2.24) is 5.32 Å². The molecule has 0 spiro atoms. The van der Waals surface area contributed by atoms with E-state index >= 15 is 0 Å². The van der Waals surface area contributed by atoms with Crippen molar-refractivity contribution < 1.29 is 14.7 Å². The van der Waals surface area contributed by atoms with Gasteiger partial charge in [0.15, 0.2) is 0 Å². The summed E-state index contributed by atoms with van der Waals surface area (Å²) in [6.45, 7) is 2.10. The van der Waals surface area contributed by atoms with Crippen LogP contribution >= 0.6 is 0 Å². The summed E-state index contributed by atoms with van der Waals surface area (Å²) < 4.78 is 0. The molecule has 0 saturated heterocycles. The Bertz CT molecular complexity index is 485. The number of rotatable bonds is 5. The minimum Gasteiger partial charge on any atom is -0.481 e. The number of carboxylic acids is 1. The van der Waals surface area contributed by atoms with Gasteiger partial charge in [-0.15, -0.1) is 0 Å². The first-order chi connectivity index (χ1) is 9.09. The van der Waals surface area contributed by atoms with Crippen molar-refractivity contribution in [1.29, 1.82) is 0 Å². The molecule has 100 valence electrons. The van der Waals surface area contributed by atoms with Gasteiger partial charge in [-0.2, -0.15) is 0 Å².